The number of amides is 1. The highest BCUT2D eigenvalue weighted by molar-refractivity contribution is 6.34. The largest absolute Gasteiger partial charge is 0.492 e. The van der Waals surface area contributed by atoms with E-state index in [9.17, 15) is 4.79 Å². The Morgan fingerprint density at radius 2 is 1.95 bits per heavy atom. The molecule has 0 radical (unpaired) electrons. The molecule has 2 rings (SSSR count). The molecule has 4 nitrogen and oxygen atoms in total. The third-order valence-electron chi connectivity index (χ3n) is 2.63. The van der Waals surface area contributed by atoms with Gasteiger partial charge in [0.15, 0.2) is 0 Å². The lowest BCUT2D eigenvalue weighted by Crippen LogP contribution is -2.28. The van der Waals surface area contributed by atoms with Gasteiger partial charge in [0.2, 0.25) is 0 Å². The maximum atomic E-state index is 11.9. The molecule has 3 N–H and O–H groups in total. The van der Waals surface area contributed by atoms with Gasteiger partial charge in [-0.15, -0.1) is 0 Å². The smallest absolute Gasteiger partial charge is 0.252 e. The molecule has 0 unspecified atom stereocenters. The highest BCUT2D eigenvalue weighted by Crippen LogP contribution is 2.18. The summed E-state index contributed by atoms with van der Waals surface area (Å²) in [6, 6.07) is 14.2. The molecule has 2 aromatic carbocycles. The Kier molecular flexibility index (Phi) is 4.85. The van der Waals surface area contributed by atoms with Crippen LogP contribution in [0, 0.1) is 0 Å². The first kappa shape index (κ1) is 14.2. The second-order valence-electron chi connectivity index (χ2n) is 4.16. The van der Waals surface area contributed by atoms with Gasteiger partial charge in [0.05, 0.1) is 17.1 Å². The minimum absolute atomic E-state index is 0.265. The van der Waals surface area contributed by atoms with Crippen molar-refractivity contribution >= 4 is 23.2 Å². The van der Waals surface area contributed by atoms with E-state index in [2.05, 4.69) is 5.32 Å². The Labute approximate surface area is 122 Å². The fourth-order valence-electron chi connectivity index (χ4n) is 1.66. The zero-order valence-corrected chi connectivity index (χ0v) is 11.6. The van der Waals surface area contributed by atoms with Crippen LogP contribution in [0.4, 0.5) is 5.69 Å². The predicted molar refractivity (Wildman–Crippen MR) is 80.1 cm³/mol. The van der Waals surface area contributed by atoms with E-state index >= 15 is 0 Å². The van der Waals surface area contributed by atoms with Crippen LogP contribution in [0.5, 0.6) is 5.75 Å². The molecule has 0 aliphatic heterocycles. The van der Waals surface area contributed by atoms with Crippen LogP contribution < -0.4 is 15.8 Å². The minimum Gasteiger partial charge on any atom is -0.492 e. The molecule has 0 atom stereocenters. The summed E-state index contributed by atoms with van der Waals surface area (Å²) in [4.78, 5) is 11.9. The number of hydrogen-bond donors (Lipinski definition) is 2. The first-order valence-corrected chi connectivity index (χ1v) is 6.55. The van der Waals surface area contributed by atoms with Gasteiger partial charge in [-0.05, 0) is 30.3 Å². The van der Waals surface area contributed by atoms with Gasteiger partial charge in [-0.2, -0.15) is 0 Å². The molecule has 0 saturated carbocycles. The molecule has 0 aliphatic rings. The number of nitrogens with two attached hydrogens (primary N) is 1. The summed E-state index contributed by atoms with van der Waals surface area (Å²) >= 11 is 5.95. The highest BCUT2D eigenvalue weighted by Gasteiger charge is 2.09. The standard InChI is InChI=1S/C15H15ClN2O2/c16-14-7-6-11(17)10-13(14)15(19)18-8-9-20-12-4-2-1-3-5-12/h1-7,10H,8-9,17H2,(H,18,19). The number of ether oxygens (including phenoxy) is 1. The SMILES string of the molecule is Nc1ccc(Cl)c(C(=O)NCCOc2ccccc2)c1. The van der Waals surface area contributed by atoms with Crippen molar-refractivity contribution in [3.8, 4) is 5.75 Å². The quantitative estimate of drug-likeness (QED) is 0.657. The van der Waals surface area contributed by atoms with Crippen LogP contribution in [-0.2, 0) is 0 Å². The van der Waals surface area contributed by atoms with Crippen LogP contribution in [0.25, 0.3) is 0 Å². The molecule has 0 heterocycles. The number of carbonyl (C=O) groups excluding carboxylic acids is 1. The lowest BCUT2D eigenvalue weighted by atomic mass is 10.2. The van der Waals surface area contributed by atoms with Crippen LogP contribution in [0.3, 0.4) is 0 Å². The number of benzene rings is 2. The van der Waals surface area contributed by atoms with Crippen LogP contribution in [0.15, 0.2) is 48.5 Å². The number of nitrogen functional groups attached to an aromatic ring is 1. The van der Waals surface area contributed by atoms with Crippen molar-refractivity contribution in [2.45, 2.75) is 0 Å². The fourth-order valence-corrected chi connectivity index (χ4v) is 1.87. The first-order valence-electron chi connectivity index (χ1n) is 6.18. The highest BCUT2D eigenvalue weighted by atomic mass is 35.5. The van der Waals surface area contributed by atoms with Crippen molar-refractivity contribution in [3.05, 3.63) is 59.1 Å². The summed E-state index contributed by atoms with van der Waals surface area (Å²) in [6.07, 6.45) is 0. The average molecular weight is 291 g/mol. The number of nitrogens with one attached hydrogen (secondary N) is 1. The number of hydrogen-bond acceptors (Lipinski definition) is 3. The van der Waals surface area contributed by atoms with Crippen molar-refractivity contribution in [1.82, 2.24) is 5.32 Å². The molecule has 20 heavy (non-hydrogen) atoms. The molecule has 0 saturated heterocycles. The molecule has 1 amide bonds. The number of anilines is 1. The van der Waals surface area contributed by atoms with E-state index in [1.54, 1.807) is 18.2 Å². The van der Waals surface area contributed by atoms with Gasteiger partial charge in [0.25, 0.3) is 5.91 Å². The number of halogens is 1. The van der Waals surface area contributed by atoms with Crippen molar-refractivity contribution < 1.29 is 9.53 Å². The zero-order valence-electron chi connectivity index (χ0n) is 10.8. The molecule has 2 aromatic rings. The third-order valence-corrected chi connectivity index (χ3v) is 2.96. The number of carbonyl (C=O) groups is 1. The van der Waals surface area contributed by atoms with E-state index in [1.165, 1.54) is 0 Å². The number of para-hydroxylation sites is 1. The van der Waals surface area contributed by atoms with E-state index in [1.807, 2.05) is 30.3 Å². The Hall–Kier alpha value is -2.20. The van der Waals surface area contributed by atoms with Gasteiger partial charge < -0.3 is 15.8 Å². The maximum Gasteiger partial charge on any atom is 0.252 e. The third kappa shape index (κ3) is 3.90. The second kappa shape index (κ2) is 6.82. The lowest BCUT2D eigenvalue weighted by Gasteiger charge is -2.09. The van der Waals surface area contributed by atoms with Crippen LogP contribution in [0.1, 0.15) is 10.4 Å². The van der Waals surface area contributed by atoms with Crippen LogP contribution >= 0.6 is 11.6 Å². The van der Waals surface area contributed by atoms with Crippen LogP contribution in [0.2, 0.25) is 5.02 Å². The summed E-state index contributed by atoms with van der Waals surface area (Å²) in [5, 5.41) is 3.11. The Morgan fingerprint density at radius 3 is 2.70 bits per heavy atom. The van der Waals surface area contributed by atoms with Gasteiger partial charge in [-0.3, -0.25) is 4.79 Å². The lowest BCUT2D eigenvalue weighted by molar-refractivity contribution is 0.0947. The topological polar surface area (TPSA) is 64.4 Å². The average Bonchev–Trinajstić information content (AvgIpc) is 2.47. The van der Waals surface area contributed by atoms with E-state index in [-0.39, 0.29) is 5.91 Å². The van der Waals surface area contributed by atoms with Crippen molar-refractivity contribution in [1.29, 1.82) is 0 Å². The normalized spacial score (nSPS) is 10.1. The second-order valence-corrected chi connectivity index (χ2v) is 4.56. The van der Waals surface area contributed by atoms with Gasteiger partial charge in [0, 0.05) is 5.69 Å². The van der Waals surface area contributed by atoms with Crippen molar-refractivity contribution in [2.24, 2.45) is 0 Å². The molecule has 5 heteroatoms. The molecule has 0 spiro atoms. The van der Waals surface area contributed by atoms with Gasteiger partial charge in [-0.1, -0.05) is 29.8 Å². The van der Waals surface area contributed by atoms with E-state index in [0.29, 0.717) is 29.4 Å². The minimum atomic E-state index is -0.265. The molecule has 0 fully saturated rings. The predicted octanol–water partition coefficient (Wildman–Crippen LogP) is 2.73. The van der Waals surface area contributed by atoms with E-state index in [0.717, 1.165) is 5.75 Å². The Bertz CT molecular complexity index is 588. The zero-order chi connectivity index (χ0) is 14.4. The molecule has 0 aliphatic carbocycles. The fraction of sp³-hybridized carbons (Fsp3) is 0.133. The van der Waals surface area contributed by atoms with Gasteiger partial charge >= 0.3 is 0 Å². The van der Waals surface area contributed by atoms with E-state index in [4.69, 9.17) is 22.1 Å². The van der Waals surface area contributed by atoms with Crippen LogP contribution in [-0.4, -0.2) is 19.1 Å². The van der Waals surface area contributed by atoms with E-state index < -0.39 is 0 Å². The monoisotopic (exact) mass is 290 g/mol. The summed E-state index contributed by atoms with van der Waals surface area (Å²) in [5.41, 5.74) is 6.50. The summed E-state index contributed by atoms with van der Waals surface area (Å²) < 4.78 is 5.47. The summed E-state index contributed by atoms with van der Waals surface area (Å²) in [7, 11) is 0. The Morgan fingerprint density at radius 1 is 1.20 bits per heavy atom. The molecule has 104 valence electrons. The van der Waals surface area contributed by atoms with Gasteiger partial charge in [-0.25, -0.2) is 0 Å². The number of rotatable bonds is 5. The Balaban J connectivity index is 1.82. The van der Waals surface area contributed by atoms with Crippen molar-refractivity contribution in [3.63, 3.8) is 0 Å². The molecule has 0 bridgehead atoms. The molecular formula is C15H15ClN2O2. The summed E-state index contributed by atoms with van der Waals surface area (Å²) in [6.45, 7) is 0.772. The molecule has 0 aromatic heterocycles. The van der Waals surface area contributed by atoms with Crippen molar-refractivity contribution in [2.75, 3.05) is 18.9 Å². The van der Waals surface area contributed by atoms with Gasteiger partial charge in [0.1, 0.15) is 12.4 Å². The summed E-state index contributed by atoms with van der Waals surface area (Å²) in [5.74, 6) is 0.502. The molecular weight excluding hydrogens is 276 g/mol. The first-order chi connectivity index (χ1) is 9.66. The maximum absolute atomic E-state index is 11.9.